The maximum Gasteiger partial charge on any atom is 0.126 e. The summed E-state index contributed by atoms with van der Waals surface area (Å²) in [6.07, 6.45) is 6.42. The zero-order valence-corrected chi connectivity index (χ0v) is 17.1. The first-order valence-corrected chi connectivity index (χ1v) is 10.2. The van der Waals surface area contributed by atoms with Crippen molar-refractivity contribution in [3.8, 4) is 22.3 Å². The van der Waals surface area contributed by atoms with E-state index in [1.165, 1.54) is 5.56 Å². The first-order chi connectivity index (χ1) is 14.7. The van der Waals surface area contributed by atoms with Crippen molar-refractivity contribution >= 4 is 5.82 Å². The summed E-state index contributed by atoms with van der Waals surface area (Å²) < 4.78 is 0. The van der Waals surface area contributed by atoms with Crippen LogP contribution in [-0.2, 0) is 0 Å². The molecule has 0 aliphatic carbocycles. The second-order valence-electron chi connectivity index (χ2n) is 7.45. The van der Waals surface area contributed by atoms with E-state index >= 15 is 0 Å². The Morgan fingerprint density at radius 3 is 2.43 bits per heavy atom. The van der Waals surface area contributed by atoms with E-state index in [1.807, 2.05) is 48.9 Å². The van der Waals surface area contributed by atoms with Gasteiger partial charge in [-0.05, 0) is 53.8 Å². The van der Waals surface area contributed by atoms with Gasteiger partial charge in [-0.1, -0.05) is 60.2 Å². The lowest BCUT2D eigenvalue weighted by molar-refractivity contribution is 0.674. The van der Waals surface area contributed by atoms with Crippen molar-refractivity contribution in [1.82, 2.24) is 9.97 Å². The Morgan fingerprint density at radius 1 is 0.867 bits per heavy atom. The lowest BCUT2D eigenvalue weighted by Gasteiger charge is -2.15. The van der Waals surface area contributed by atoms with Crippen molar-refractivity contribution in [2.75, 3.05) is 11.9 Å². The summed E-state index contributed by atoms with van der Waals surface area (Å²) in [6, 6.07) is 24.9. The average Bonchev–Trinajstić information content (AvgIpc) is 2.80. The molecule has 0 saturated heterocycles. The van der Waals surface area contributed by atoms with Gasteiger partial charge < -0.3 is 11.1 Å². The number of pyridine rings is 2. The van der Waals surface area contributed by atoms with Crippen LogP contribution in [0, 0.1) is 6.92 Å². The summed E-state index contributed by atoms with van der Waals surface area (Å²) in [5.41, 5.74) is 13.2. The van der Waals surface area contributed by atoms with Gasteiger partial charge in [-0.2, -0.15) is 0 Å². The lowest BCUT2D eigenvalue weighted by Crippen LogP contribution is -2.15. The Kier molecular flexibility index (Phi) is 6.16. The molecule has 0 amide bonds. The highest BCUT2D eigenvalue weighted by Crippen LogP contribution is 2.33. The molecular formula is C26H26N4. The van der Waals surface area contributed by atoms with Gasteiger partial charge in [0.15, 0.2) is 0 Å². The van der Waals surface area contributed by atoms with Crippen LogP contribution < -0.4 is 11.1 Å². The molecule has 4 heteroatoms. The number of benzene rings is 2. The maximum absolute atomic E-state index is 6.33. The fourth-order valence-corrected chi connectivity index (χ4v) is 3.59. The molecule has 4 aromatic rings. The van der Waals surface area contributed by atoms with Crippen molar-refractivity contribution in [1.29, 1.82) is 0 Å². The normalized spacial score (nSPS) is 11.8. The third-order valence-electron chi connectivity index (χ3n) is 5.21. The average molecular weight is 395 g/mol. The van der Waals surface area contributed by atoms with E-state index in [1.54, 1.807) is 0 Å². The number of hydrogen-bond donors (Lipinski definition) is 2. The number of nitrogens with two attached hydrogens (primary N) is 1. The third-order valence-corrected chi connectivity index (χ3v) is 5.21. The van der Waals surface area contributed by atoms with Crippen molar-refractivity contribution in [2.45, 2.75) is 19.4 Å². The second kappa shape index (κ2) is 9.33. The molecule has 4 nitrogen and oxygen atoms in total. The molecule has 0 saturated carbocycles. The fourth-order valence-electron chi connectivity index (χ4n) is 3.59. The predicted molar refractivity (Wildman–Crippen MR) is 124 cm³/mol. The van der Waals surface area contributed by atoms with Gasteiger partial charge in [-0.3, -0.25) is 4.98 Å². The molecule has 0 fully saturated rings. The van der Waals surface area contributed by atoms with E-state index in [9.17, 15) is 0 Å². The van der Waals surface area contributed by atoms with E-state index in [2.05, 4.69) is 64.7 Å². The molecule has 2 aromatic heterocycles. The maximum atomic E-state index is 6.33. The standard InChI is InChI=1S/C26H26N4/c1-19-6-5-9-22(16-19)24-18-30-26(17-23(24)20-10-13-28-14-11-20)29-15-12-25(27)21-7-3-2-4-8-21/h2-11,13-14,16-18,25H,12,15,27H2,1H3,(H,29,30). The smallest absolute Gasteiger partial charge is 0.126 e. The molecule has 0 aliphatic rings. The Morgan fingerprint density at radius 2 is 1.67 bits per heavy atom. The molecule has 0 bridgehead atoms. The van der Waals surface area contributed by atoms with E-state index in [-0.39, 0.29) is 6.04 Å². The largest absolute Gasteiger partial charge is 0.370 e. The summed E-state index contributed by atoms with van der Waals surface area (Å²) in [7, 11) is 0. The summed E-state index contributed by atoms with van der Waals surface area (Å²) in [5, 5.41) is 3.44. The molecule has 2 aromatic carbocycles. The molecule has 0 aliphatic heterocycles. The van der Waals surface area contributed by atoms with Crippen LogP contribution in [0.2, 0.25) is 0 Å². The Balaban J connectivity index is 1.56. The van der Waals surface area contributed by atoms with Crippen LogP contribution in [0.4, 0.5) is 5.82 Å². The molecule has 30 heavy (non-hydrogen) atoms. The quantitative estimate of drug-likeness (QED) is 0.427. The zero-order valence-electron chi connectivity index (χ0n) is 17.1. The van der Waals surface area contributed by atoms with Crippen LogP contribution in [0.25, 0.3) is 22.3 Å². The fraction of sp³-hybridized carbons (Fsp3) is 0.154. The highest BCUT2D eigenvalue weighted by Gasteiger charge is 2.11. The lowest BCUT2D eigenvalue weighted by atomic mass is 9.96. The van der Waals surface area contributed by atoms with Gasteiger partial charge in [-0.25, -0.2) is 4.98 Å². The van der Waals surface area contributed by atoms with Gasteiger partial charge in [-0.15, -0.1) is 0 Å². The first-order valence-electron chi connectivity index (χ1n) is 10.2. The molecule has 3 N–H and O–H groups in total. The number of rotatable bonds is 7. The van der Waals surface area contributed by atoms with Crippen LogP contribution in [0.5, 0.6) is 0 Å². The van der Waals surface area contributed by atoms with Crippen LogP contribution >= 0.6 is 0 Å². The van der Waals surface area contributed by atoms with Crippen molar-refractivity contribution in [2.24, 2.45) is 5.73 Å². The van der Waals surface area contributed by atoms with Crippen molar-refractivity contribution in [3.63, 3.8) is 0 Å². The minimum atomic E-state index is 0.00457. The predicted octanol–water partition coefficient (Wildman–Crippen LogP) is 5.62. The van der Waals surface area contributed by atoms with E-state index in [4.69, 9.17) is 5.73 Å². The molecule has 1 atom stereocenters. The van der Waals surface area contributed by atoms with E-state index in [0.29, 0.717) is 0 Å². The number of hydrogen-bond acceptors (Lipinski definition) is 4. The van der Waals surface area contributed by atoms with Crippen LogP contribution in [0.15, 0.2) is 91.4 Å². The minimum Gasteiger partial charge on any atom is -0.370 e. The molecule has 0 spiro atoms. The SMILES string of the molecule is Cc1cccc(-c2cnc(NCCC(N)c3ccccc3)cc2-c2ccncc2)c1. The zero-order chi connectivity index (χ0) is 20.8. The van der Waals surface area contributed by atoms with Crippen molar-refractivity contribution < 1.29 is 0 Å². The first kappa shape index (κ1) is 19.8. The highest BCUT2D eigenvalue weighted by atomic mass is 15.0. The minimum absolute atomic E-state index is 0.00457. The second-order valence-corrected chi connectivity index (χ2v) is 7.45. The Hall–Kier alpha value is -3.50. The molecule has 150 valence electrons. The molecule has 2 heterocycles. The van der Waals surface area contributed by atoms with Gasteiger partial charge in [0.1, 0.15) is 5.82 Å². The van der Waals surface area contributed by atoms with Gasteiger partial charge in [0.2, 0.25) is 0 Å². The molecule has 1 unspecified atom stereocenters. The molecular weight excluding hydrogens is 368 g/mol. The summed E-state index contributed by atoms with van der Waals surface area (Å²) in [6.45, 7) is 2.86. The van der Waals surface area contributed by atoms with E-state index in [0.717, 1.165) is 46.6 Å². The van der Waals surface area contributed by atoms with E-state index < -0.39 is 0 Å². The van der Waals surface area contributed by atoms with Crippen LogP contribution in [0.1, 0.15) is 23.6 Å². The van der Waals surface area contributed by atoms with Gasteiger partial charge >= 0.3 is 0 Å². The third kappa shape index (κ3) is 4.73. The molecule has 4 rings (SSSR count). The highest BCUT2D eigenvalue weighted by molar-refractivity contribution is 5.84. The van der Waals surface area contributed by atoms with Crippen LogP contribution in [0.3, 0.4) is 0 Å². The Labute approximate surface area is 177 Å². The number of nitrogens with one attached hydrogen (secondary N) is 1. The topological polar surface area (TPSA) is 63.8 Å². The monoisotopic (exact) mass is 394 g/mol. The number of aromatic nitrogens is 2. The number of nitrogens with zero attached hydrogens (tertiary/aromatic N) is 2. The molecule has 0 radical (unpaired) electrons. The van der Waals surface area contributed by atoms with Crippen LogP contribution in [-0.4, -0.2) is 16.5 Å². The Bertz CT molecular complexity index is 1090. The summed E-state index contributed by atoms with van der Waals surface area (Å²) >= 11 is 0. The number of anilines is 1. The van der Waals surface area contributed by atoms with Gasteiger partial charge in [0.25, 0.3) is 0 Å². The summed E-state index contributed by atoms with van der Waals surface area (Å²) in [5.74, 6) is 0.846. The van der Waals surface area contributed by atoms with Gasteiger partial charge in [0.05, 0.1) is 0 Å². The summed E-state index contributed by atoms with van der Waals surface area (Å²) in [4.78, 5) is 8.84. The number of aryl methyl sites for hydroxylation is 1. The van der Waals surface area contributed by atoms with Gasteiger partial charge in [0, 0.05) is 36.7 Å². The van der Waals surface area contributed by atoms with Crippen molar-refractivity contribution in [3.05, 3.63) is 103 Å².